The van der Waals surface area contributed by atoms with E-state index in [0.717, 1.165) is 43.9 Å². The maximum atomic E-state index is 5.30. The predicted octanol–water partition coefficient (Wildman–Crippen LogP) is 3.74. The van der Waals surface area contributed by atoms with Crippen LogP contribution < -0.4 is 16.0 Å². The van der Waals surface area contributed by atoms with Crippen molar-refractivity contribution in [3.63, 3.8) is 0 Å². The minimum absolute atomic E-state index is 0.123. The van der Waals surface area contributed by atoms with Crippen molar-refractivity contribution in [3.05, 3.63) is 59.2 Å². The highest BCUT2D eigenvalue weighted by Crippen LogP contribution is 2.38. The van der Waals surface area contributed by atoms with E-state index >= 15 is 0 Å². The summed E-state index contributed by atoms with van der Waals surface area (Å²) in [5.74, 6) is 1.06. The molecule has 2 aromatic carbocycles. The summed E-state index contributed by atoms with van der Waals surface area (Å²) in [7, 11) is 1.75. The summed E-state index contributed by atoms with van der Waals surface area (Å²) >= 11 is 0. The van der Waals surface area contributed by atoms with Crippen molar-refractivity contribution in [2.24, 2.45) is 4.99 Å². The summed E-state index contributed by atoms with van der Waals surface area (Å²) in [6.07, 6.45) is 2.93. The Hall–Kier alpha value is -2.37. The average molecular weight is 379 g/mol. The Kier molecular flexibility index (Phi) is 5.64. The number of anilines is 2. The molecule has 0 unspecified atom stereocenters. The normalized spacial score (nSPS) is 19.1. The molecule has 4 rings (SSSR count). The van der Waals surface area contributed by atoms with Gasteiger partial charge in [0.2, 0.25) is 0 Å². The van der Waals surface area contributed by atoms with Gasteiger partial charge < -0.3 is 20.7 Å². The number of ether oxygens (including phenoxy) is 1. The third kappa shape index (κ3) is 3.91. The van der Waals surface area contributed by atoms with E-state index < -0.39 is 0 Å². The molecule has 0 amide bonds. The van der Waals surface area contributed by atoms with Gasteiger partial charge in [-0.05, 0) is 56.5 Å². The van der Waals surface area contributed by atoms with Crippen molar-refractivity contribution in [3.8, 4) is 0 Å². The van der Waals surface area contributed by atoms with Gasteiger partial charge in [-0.25, -0.2) is 0 Å². The largest absolute Gasteiger partial charge is 0.384 e. The summed E-state index contributed by atoms with van der Waals surface area (Å²) in [6.45, 7) is 5.52. The first kappa shape index (κ1) is 19.0. The van der Waals surface area contributed by atoms with Crippen molar-refractivity contribution < 1.29 is 4.74 Å². The third-order valence-electron chi connectivity index (χ3n) is 5.76. The van der Waals surface area contributed by atoms with E-state index in [-0.39, 0.29) is 5.54 Å². The lowest BCUT2D eigenvalue weighted by molar-refractivity contribution is 0.202. The molecule has 2 aromatic rings. The van der Waals surface area contributed by atoms with Crippen LogP contribution in [0.15, 0.2) is 47.5 Å². The Balaban J connectivity index is 1.67. The number of para-hydroxylation sites is 1. The Morgan fingerprint density at radius 2 is 1.93 bits per heavy atom. The zero-order chi connectivity index (χ0) is 19.4. The lowest BCUT2D eigenvalue weighted by Gasteiger charge is -2.44. The number of aliphatic imine (C=N–C) groups is 1. The van der Waals surface area contributed by atoms with Gasteiger partial charge in [0, 0.05) is 7.11 Å². The average Bonchev–Trinajstić information content (AvgIpc) is 2.71. The first-order chi connectivity index (χ1) is 13.7. The maximum absolute atomic E-state index is 5.30. The fourth-order valence-corrected chi connectivity index (χ4v) is 4.21. The van der Waals surface area contributed by atoms with Gasteiger partial charge in [0.05, 0.1) is 30.1 Å². The molecule has 1 spiro atoms. The number of hydrogen-bond donors (Lipinski definition) is 3. The van der Waals surface area contributed by atoms with Crippen LogP contribution in [0.5, 0.6) is 0 Å². The first-order valence-corrected chi connectivity index (χ1v) is 10.2. The maximum Gasteiger partial charge on any atom is 0.127 e. The number of piperidine rings is 1. The van der Waals surface area contributed by atoms with Crippen LogP contribution >= 0.6 is 0 Å². The Bertz CT molecular complexity index is 855. The highest BCUT2D eigenvalue weighted by Gasteiger charge is 2.41. The molecule has 1 fully saturated rings. The van der Waals surface area contributed by atoms with Crippen molar-refractivity contribution in [2.45, 2.75) is 38.3 Å². The van der Waals surface area contributed by atoms with Crippen LogP contribution in [0.2, 0.25) is 0 Å². The summed E-state index contributed by atoms with van der Waals surface area (Å²) in [5, 5.41) is 11.1. The third-order valence-corrected chi connectivity index (χ3v) is 5.76. The molecule has 0 aromatic heterocycles. The number of benzene rings is 2. The molecule has 3 N–H and O–H groups in total. The van der Waals surface area contributed by atoms with Crippen LogP contribution in [0.3, 0.4) is 0 Å². The second-order valence-electron chi connectivity index (χ2n) is 7.82. The smallest absolute Gasteiger partial charge is 0.127 e. The quantitative estimate of drug-likeness (QED) is 0.742. The highest BCUT2D eigenvalue weighted by atomic mass is 16.5. The van der Waals surface area contributed by atoms with E-state index in [1.165, 1.54) is 22.4 Å². The second kappa shape index (κ2) is 8.33. The molecule has 2 aliphatic rings. The molecule has 0 radical (unpaired) electrons. The molecular weight excluding hydrogens is 348 g/mol. The summed E-state index contributed by atoms with van der Waals surface area (Å²) in [5.41, 5.74) is 5.98. The second-order valence-corrected chi connectivity index (χ2v) is 7.82. The standard InChI is InChI=1S/C23H30N4O/c1-17-5-3-6-18(15-17)16-25-22-23(10-12-24-13-11-23)27-20-8-4-7-19(9-14-28-2)21(20)26-22/h3-8,15,24,27H,9-14,16H2,1-2H3,(H,25,26). The van der Waals surface area contributed by atoms with Gasteiger partial charge >= 0.3 is 0 Å². The van der Waals surface area contributed by atoms with Gasteiger partial charge in [-0.2, -0.15) is 0 Å². The zero-order valence-corrected chi connectivity index (χ0v) is 16.8. The van der Waals surface area contributed by atoms with Crippen LogP contribution in [0, 0.1) is 6.92 Å². The van der Waals surface area contributed by atoms with E-state index in [0.29, 0.717) is 13.2 Å². The molecule has 0 bridgehead atoms. The monoisotopic (exact) mass is 378 g/mol. The molecular formula is C23H30N4O. The summed E-state index contributed by atoms with van der Waals surface area (Å²) < 4.78 is 5.30. The number of nitrogens with one attached hydrogen (secondary N) is 3. The van der Waals surface area contributed by atoms with Crippen molar-refractivity contribution in [1.29, 1.82) is 0 Å². The number of hydrogen-bond acceptors (Lipinski definition) is 4. The highest BCUT2D eigenvalue weighted by molar-refractivity contribution is 6.10. The van der Waals surface area contributed by atoms with Gasteiger partial charge in [-0.15, -0.1) is 0 Å². The first-order valence-electron chi connectivity index (χ1n) is 10.2. The molecule has 5 nitrogen and oxygen atoms in total. The minimum Gasteiger partial charge on any atom is -0.384 e. The molecule has 0 saturated carbocycles. The Labute approximate surface area is 167 Å². The van der Waals surface area contributed by atoms with Crippen LogP contribution in [0.1, 0.15) is 29.5 Å². The zero-order valence-electron chi connectivity index (χ0n) is 16.8. The molecule has 5 heteroatoms. The van der Waals surface area contributed by atoms with Gasteiger partial charge in [0.15, 0.2) is 0 Å². The van der Waals surface area contributed by atoms with Crippen LogP contribution in [0.25, 0.3) is 0 Å². The van der Waals surface area contributed by atoms with Gasteiger partial charge in [0.1, 0.15) is 5.84 Å². The van der Waals surface area contributed by atoms with Crippen LogP contribution in [-0.2, 0) is 17.7 Å². The molecule has 2 aliphatic heterocycles. The van der Waals surface area contributed by atoms with Gasteiger partial charge in [-0.3, -0.25) is 4.99 Å². The predicted molar refractivity (Wildman–Crippen MR) is 116 cm³/mol. The Morgan fingerprint density at radius 3 is 2.71 bits per heavy atom. The van der Waals surface area contributed by atoms with E-state index in [2.05, 4.69) is 65.3 Å². The number of nitrogens with zero attached hydrogens (tertiary/aromatic N) is 1. The van der Waals surface area contributed by atoms with Gasteiger partial charge in [-0.1, -0.05) is 42.0 Å². The molecule has 1 saturated heterocycles. The van der Waals surface area contributed by atoms with E-state index in [1.807, 2.05) is 0 Å². The van der Waals surface area contributed by atoms with Crippen LogP contribution in [-0.4, -0.2) is 38.2 Å². The number of aryl methyl sites for hydroxylation is 1. The lowest BCUT2D eigenvalue weighted by Crippen LogP contribution is -2.58. The van der Waals surface area contributed by atoms with Crippen molar-refractivity contribution in [1.82, 2.24) is 5.32 Å². The van der Waals surface area contributed by atoms with E-state index in [9.17, 15) is 0 Å². The summed E-state index contributed by atoms with van der Waals surface area (Å²) in [4.78, 5) is 5.08. The number of fused-ring (bicyclic) bond motifs is 1. The fourth-order valence-electron chi connectivity index (χ4n) is 4.21. The molecule has 0 aliphatic carbocycles. The van der Waals surface area contributed by atoms with E-state index in [1.54, 1.807) is 7.11 Å². The van der Waals surface area contributed by atoms with Crippen molar-refractivity contribution in [2.75, 3.05) is 37.4 Å². The fraction of sp³-hybridized carbons (Fsp3) is 0.435. The molecule has 0 atom stereocenters. The SMILES string of the molecule is COCCc1cccc2c1NC(=NCc1cccc(C)c1)C1(CCNCC1)N2. The summed E-state index contributed by atoms with van der Waals surface area (Å²) in [6, 6.07) is 15.1. The minimum atomic E-state index is -0.123. The molecule has 28 heavy (non-hydrogen) atoms. The van der Waals surface area contributed by atoms with Crippen LogP contribution in [0.4, 0.5) is 11.4 Å². The molecule has 148 valence electrons. The lowest BCUT2D eigenvalue weighted by atomic mass is 9.84. The topological polar surface area (TPSA) is 57.7 Å². The molecule has 2 heterocycles. The number of methoxy groups -OCH3 is 1. The number of amidine groups is 1. The Morgan fingerprint density at radius 1 is 1.11 bits per heavy atom. The van der Waals surface area contributed by atoms with Gasteiger partial charge in [0.25, 0.3) is 0 Å². The number of rotatable bonds is 5. The van der Waals surface area contributed by atoms with Crippen molar-refractivity contribution >= 4 is 17.2 Å². The van der Waals surface area contributed by atoms with E-state index in [4.69, 9.17) is 9.73 Å².